The molecule has 4 N–H and O–H groups in total. The number of thioether (sulfide) groups is 1. The van der Waals surface area contributed by atoms with Gasteiger partial charge in [-0.1, -0.05) is 26.0 Å². The minimum Gasteiger partial charge on any atom is -0.492 e. The molecule has 2 bridgehead atoms. The maximum absolute atomic E-state index is 13.7. The van der Waals surface area contributed by atoms with Gasteiger partial charge in [-0.2, -0.15) is 0 Å². The normalized spacial score (nSPS) is 31.6. The summed E-state index contributed by atoms with van der Waals surface area (Å²) in [6.07, 6.45) is 2.37. The van der Waals surface area contributed by atoms with Crippen molar-refractivity contribution >= 4 is 35.3 Å². The van der Waals surface area contributed by atoms with Gasteiger partial charge in [-0.25, -0.2) is 4.79 Å². The summed E-state index contributed by atoms with van der Waals surface area (Å²) in [5.74, 6) is -2.20. The number of primary amides is 1. The standard InChI is InChI=1S/C30H44N2O9S/c1-15-12-19-24(34)22(28(42-8)25(35)27(19)40-7)32-29(36)16(2)10-9-11-20(38-5)26(41-30(31)37)18(4)14-17(3)23(33)21(13-15)39-6/h10,14-15,17,20-21,23,26,33H,9,11-13H2,1-8H3,(H2,31,37)(H,32,36)/b16-10+,18-14+/t15-,17+,20+,21+,23-,26+/m1/s1. The number of carbonyl (C=O) groups excluding carboxylic acids is 4. The smallest absolute Gasteiger partial charge is 0.405 e. The second kappa shape index (κ2) is 16.1. The molecule has 2 amide bonds. The first-order chi connectivity index (χ1) is 19.8. The fourth-order valence-electron chi connectivity index (χ4n) is 5.32. The number of methoxy groups -OCH3 is 3. The van der Waals surface area contributed by atoms with Crippen LogP contribution in [0.25, 0.3) is 0 Å². The number of aliphatic hydroxyl groups excluding tert-OH is 1. The molecule has 0 aromatic rings. The van der Waals surface area contributed by atoms with E-state index in [-0.39, 0.29) is 34.3 Å². The number of fused-ring (bicyclic) bond motifs is 2. The highest BCUT2D eigenvalue weighted by Gasteiger charge is 2.38. The number of ketones is 2. The third-order valence-electron chi connectivity index (χ3n) is 7.59. The zero-order valence-corrected chi connectivity index (χ0v) is 26.5. The molecule has 1 aliphatic heterocycles. The van der Waals surface area contributed by atoms with E-state index in [0.717, 1.165) is 11.8 Å². The maximum atomic E-state index is 13.7. The molecule has 1 aliphatic carbocycles. The molecule has 0 spiro atoms. The van der Waals surface area contributed by atoms with E-state index in [1.54, 1.807) is 32.3 Å². The SMILES string of the molecule is COC1=C2C[C@@H](C)C[C@H](OC)[C@H](O)[C@@H](C)/C=C(\C)[C@H](OC(N)=O)[C@@H](OC)CC/C=C(\C)C(=O)NC(=C(SC)C1=O)C2=O. The number of Topliss-reactive ketones (excluding diaryl/α,β-unsaturated/α-hetero) is 2. The van der Waals surface area contributed by atoms with Gasteiger partial charge in [0.2, 0.25) is 11.6 Å². The molecule has 0 saturated carbocycles. The van der Waals surface area contributed by atoms with E-state index in [1.165, 1.54) is 21.3 Å². The van der Waals surface area contributed by atoms with Crippen molar-refractivity contribution in [1.82, 2.24) is 5.32 Å². The van der Waals surface area contributed by atoms with Crippen molar-refractivity contribution in [2.75, 3.05) is 27.6 Å². The minimum absolute atomic E-state index is 0.0557. The van der Waals surface area contributed by atoms with Gasteiger partial charge in [0, 0.05) is 31.3 Å². The lowest BCUT2D eigenvalue weighted by molar-refractivity contribution is -0.121. The quantitative estimate of drug-likeness (QED) is 0.312. The van der Waals surface area contributed by atoms with Crippen LogP contribution in [-0.4, -0.2) is 80.7 Å². The van der Waals surface area contributed by atoms with Gasteiger partial charge in [0.1, 0.15) is 5.70 Å². The van der Waals surface area contributed by atoms with Crippen LogP contribution in [0.5, 0.6) is 0 Å². The number of amides is 2. The van der Waals surface area contributed by atoms with Crippen molar-refractivity contribution in [1.29, 1.82) is 0 Å². The summed E-state index contributed by atoms with van der Waals surface area (Å²) in [7, 11) is 4.31. The molecule has 0 aromatic heterocycles. The summed E-state index contributed by atoms with van der Waals surface area (Å²) in [4.78, 5) is 52.0. The molecule has 0 unspecified atom stereocenters. The average molecular weight is 609 g/mol. The fraction of sp³-hybridized carbons (Fsp3) is 0.600. The Morgan fingerprint density at radius 1 is 1.07 bits per heavy atom. The van der Waals surface area contributed by atoms with E-state index in [0.29, 0.717) is 30.4 Å². The van der Waals surface area contributed by atoms with E-state index in [9.17, 15) is 24.3 Å². The number of nitrogens with two attached hydrogens (primary N) is 1. The predicted molar refractivity (Wildman–Crippen MR) is 159 cm³/mol. The molecule has 1 heterocycles. The summed E-state index contributed by atoms with van der Waals surface area (Å²) >= 11 is 1.05. The third-order valence-corrected chi connectivity index (χ3v) is 8.39. The van der Waals surface area contributed by atoms with Crippen LogP contribution in [0.1, 0.15) is 53.4 Å². The van der Waals surface area contributed by atoms with E-state index in [1.807, 2.05) is 13.8 Å². The summed E-state index contributed by atoms with van der Waals surface area (Å²) < 4.78 is 22.1. The van der Waals surface area contributed by atoms with E-state index in [4.69, 9.17) is 24.7 Å². The van der Waals surface area contributed by atoms with Crippen LogP contribution in [0.3, 0.4) is 0 Å². The second-order valence-corrected chi connectivity index (χ2v) is 11.5. The van der Waals surface area contributed by atoms with Crippen molar-refractivity contribution in [3.8, 4) is 0 Å². The van der Waals surface area contributed by atoms with Gasteiger partial charge >= 0.3 is 6.09 Å². The number of rotatable bonds is 5. The monoisotopic (exact) mass is 608 g/mol. The Labute approximate surface area is 251 Å². The first-order valence-corrected chi connectivity index (χ1v) is 15.0. The van der Waals surface area contributed by atoms with Crippen molar-refractivity contribution in [3.05, 3.63) is 45.2 Å². The van der Waals surface area contributed by atoms with Gasteiger partial charge in [-0.3, -0.25) is 14.4 Å². The van der Waals surface area contributed by atoms with Crippen LogP contribution < -0.4 is 11.1 Å². The molecule has 42 heavy (non-hydrogen) atoms. The Hall–Kier alpha value is -2.93. The molecule has 0 fully saturated rings. The molecule has 11 nitrogen and oxygen atoms in total. The summed E-state index contributed by atoms with van der Waals surface area (Å²) in [6, 6.07) is 0. The van der Waals surface area contributed by atoms with Gasteiger partial charge < -0.3 is 35.1 Å². The molecule has 2 rings (SSSR count). The lowest BCUT2D eigenvalue weighted by atomic mass is 9.85. The number of hydrogen-bond donors (Lipinski definition) is 3. The molecule has 234 valence electrons. The van der Waals surface area contributed by atoms with Crippen molar-refractivity contribution in [2.45, 2.75) is 77.8 Å². The average Bonchev–Trinajstić information content (AvgIpc) is 2.94. The predicted octanol–water partition coefficient (Wildman–Crippen LogP) is 3.32. The number of carbonyl (C=O) groups is 4. The van der Waals surface area contributed by atoms with Crippen LogP contribution >= 0.6 is 11.8 Å². The van der Waals surface area contributed by atoms with Gasteiger partial charge in [0.25, 0.3) is 5.91 Å². The Morgan fingerprint density at radius 3 is 2.26 bits per heavy atom. The van der Waals surface area contributed by atoms with Crippen LogP contribution in [0.4, 0.5) is 4.79 Å². The highest BCUT2D eigenvalue weighted by Crippen LogP contribution is 2.34. The number of allylic oxidation sites excluding steroid dienone is 3. The zero-order valence-electron chi connectivity index (χ0n) is 25.6. The van der Waals surface area contributed by atoms with E-state index >= 15 is 0 Å². The Kier molecular flexibility index (Phi) is 13.5. The molecule has 6 atom stereocenters. The maximum Gasteiger partial charge on any atom is 0.405 e. The first kappa shape index (κ1) is 35.3. The molecular formula is C30H44N2O9S. The molecule has 0 aromatic carbocycles. The Morgan fingerprint density at radius 2 is 1.71 bits per heavy atom. The molecule has 12 heteroatoms. The number of nitrogens with one attached hydrogen (secondary N) is 1. The summed E-state index contributed by atoms with van der Waals surface area (Å²) in [5.41, 5.74) is 6.40. The van der Waals surface area contributed by atoms with Crippen molar-refractivity contribution in [3.63, 3.8) is 0 Å². The van der Waals surface area contributed by atoms with Crippen LogP contribution in [0.2, 0.25) is 0 Å². The second-order valence-electron chi connectivity index (χ2n) is 10.7. The molecule has 0 radical (unpaired) electrons. The highest BCUT2D eigenvalue weighted by molar-refractivity contribution is 8.03. The largest absolute Gasteiger partial charge is 0.492 e. The van der Waals surface area contributed by atoms with Gasteiger partial charge in [-0.15, -0.1) is 11.8 Å². The summed E-state index contributed by atoms with van der Waals surface area (Å²) in [6.45, 7) is 7.06. The molecule has 2 aliphatic rings. The van der Waals surface area contributed by atoms with Crippen molar-refractivity contribution < 1.29 is 43.2 Å². The zero-order chi connectivity index (χ0) is 31.7. The number of aliphatic hydroxyl groups is 1. The minimum atomic E-state index is -0.968. The lowest BCUT2D eigenvalue weighted by Gasteiger charge is -2.30. The fourth-order valence-corrected chi connectivity index (χ4v) is 5.95. The van der Waals surface area contributed by atoms with Gasteiger partial charge in [-0.05, 0) is 57.3 Å². The highest BCUT2D eigenvalue weighted by atomic mass is 32.2. The number of hydrogen-bond acceptors (Lipinski definition) is 10. The lowest BCUT2D eigenvalue weighted by Crippen LogP contribution is -2.38. The molecular weight excluding hydrogens is 564 g/mol. The van der Waals surface area contributed by atoms with Gasteiger partial charge in [0.05, 0.1) is 30.3 Å². The van der Waals surface area contributed by atoms with E-state index in [2.05, 4.69) is 5.32 Å². The topological polar surface area (TPSA) is 163 Å². The number of ether oxygens (including phenoxy) is 4. The van der Waals surface area contributed by atoms with E-state index < -0.39 is 53.9 Å². The van der Waals surface area contributed by atoms with Crippen LogP contribution in [-0.2, 0) is 33.3 Å². The Bertz CT molecular complexity index is 1170. The Balaban J connectivity index is 2.62. The van der Waals surface area contributed by atoms with Crippen LogP contribution in [0.15, 0.2) is 45.2 Å². The third kappa shape index (κ3) is 8.56. The summed E-state index contributed by atoms with van der Waals surface area (Å²) in [5, 5.41) is 13.9. The molecule has 0 saturated heterocycles. The van der Waals surface area contributed by atoms with Gasteiger partial charge in [0.15, 0.2) is 11.9 Å². The van der Waals surface area contributed by atoms with Crippen LogP contribution in [0, 0.1) is 11.8 Å². The first-order valence-electron chi connectivity index (χ1n) is 13.8. The van der Waals surface area contributed by atoms with Crippen molar-refractivity contribution in [2.24, 2.45) is 17.6 Å².